The van der Waals surface area contributed by atoms with Gasteiger partial charge in [-0.25, -0.2) is 4.68 Å². The summed E-state index contributed by atoms with van der Waals surface area (Å²) in [7, 11) is 0. The molecular formula is C18H19N5O. The molecule has 0 saturated carbocycles. The summed E-state index contributed by atoms with van der Waals surface area (Å²) >= 11 is 0. The van der Waals surface area contributed by atoms with E-state index < -0.39 is 0 Å². The Morgan fingerprint density at radius 2 is 1.88 bits per heavy atom. The second-order valence-corrected chi connectivity index (χ2v) is 5.52. The number of amides is 1. The third kappa shape index (κ3) is 3.98. The fourth-order valence-electron chi connectivity index (χ4n) is 2.33. The molecule has 0 saturated heterocycles. The van der Waals surface area contributed by atoms with Crippen LogP contribution in [0.2, 0.25) is 0 Å². The Kier molecular flexibility index (Phi) is 4.86. The van der Waals surface area contributed by atoms with Gasteiger partial charge in [-0.3, -0.25) is 4.79 Å². The quantitative estimate of drug-likeness (QED) is 0.732. The first-order chi connectivity index (χ1) is 11.7. The molecule has 0 fully saturated rings. The van der Waals surface area contributed by atoms with Crippen LogP contribution in [-0.4, -0.2) is 33.5 Å². The number of nitrogens with zero attached hydrogens (tertiary/aromatic N) is 3. The van der Waals surface area contributed by atoms with Crippen LogP contribution in [0.15, 0.2) is 67.0 Å². The molecule has 0 spiro atoms. The molecule has 3 rings (SSSR count). The van der Waals surface area contributed by atoms with Crippen molar-refractivity contribution in [2.75, 3.05) is 11.9 Å². The molecule has 6 nitrogen and oxygen atoms in total. The number of rotatable bonds is 6. The number of hydrogen-bond donors (Lipinski definition) is 2. The summed E-state index contributed by atoms with van der Waals surface area (Å²) in [6.45, 7) is 2.57. The predicted octanol–water partition coefficient (Wildman–Crippen LogP) is 2.50. The fraction of sp³-hybridized carbons (Fsp3) is 0.167. The van der Waals surface area contributed by atoms with E-state index in [2.05, 4.69) is 20.9 Å². The lowest BCUT2D eigenvalue weighted by Crippen LogP contribution is -2.34. The van der Waals surface area contributed by atoms with Crippen LogP contribution in [0.1, 0.15) is 17.3 Å². The molecule has 0 aliphatic heterocycles. The van der Waals surface area contributed by atoms with Crippen LogP contribution in [0.5, 0.6) is 0 Å². The highest BCUT2D eigenvalue weighted by Crippen LogP contribution is 2.09. The SMILES string of the molecule is C[C@H](CNC(=O)c1ccc(-n2ccnn2)cc1)Nc1ccccc1. The van der Waals surface area contributed by atoms with Crippen molar-refractivity contribution >= 4 is 11.6 Å². The molecule has 0 radical (unpaired) electrons. The number of nitrogens with one attached hydrogen (secondary N) is 2. The van der Waals surface area contributed by atoms with E-state index in [1.807, 2.05) is 49.4 Å². The van der Waals surface area contributed by atoms with E-state index in [-0.39, 0.29) is 11.9 Å². The first-order valence-corrected chi connectivity index (χ1v) is 7.79. The molecular weight excluding hydrogens is 302 g/mol. The smallest absolute Gasteiger partial charge is 0.251 e. The van der Waals surface area contributed by atoms with Crippen LogP contribution in [-0.2, 0) is 0 Å². The molecule has 1 amide bonds. The zero-order valence-electron chi connectivity index (χ0n) is 13.4. The van der Waals surface area contributed by atoms with E-state index >= 15 is 0 Å². The van der Waals surface area contributed by atoms with Crippen molar-refractivity contribution in [3.63, 3.8) is 0 Å². The number of anilines is 1. The second-order valence-electron chi connectivity index (χ2n) is 5.52. The normalized spacial score (nSPS) is 11.7. The lowest BCUT2D eigenvalue weighted by Gasteiger charge is -2.16. The minimum absolute atomic E-state index is 0.0955. The van der Waals surface area contributed by atoms with Gasteiger partial charge in [0.05, 0.1) is 18.1 Å². The van der Waals surface area contributed by atoms with E-state index in [4.69, 9.17) is 0 Å². The summed E-state index contributed by atoms with van der Waals surface area (Å²) in [5.74, 6) is -0.0955. The van der Waals surface area contributed by atoms with E-state index in [0.717, 1.165) is 11.4 Å². The number of aromatic nitrogens is 3. The maximum absolute atomic E-state index is 12.2. The minimum atomic E-state index is -0.0955. The van der Waals surface area contributed by atoms with Gasteiger partial charge in [-0.15, -0.1) is 5.10 Å². The van der Waals surface area contributed by atoms with Gasteiger partial charge in [0.2, 0.25) is 0 Å². The third-order valence-corrected chi connectivity index (χ3v) is 3.57. The Labute approximate surface area is 140 Å². The summed E-state index contributed by atoms with van der Waals surface area (Å²) < 4.78 is 1.65. The first-order valence-electron chi connectivity index (χ1n) is 7.79. The molecule has 122 valence electrons. The molecule has 1 heterocycles. The van der Waals surface area contributed by atoms with Crippen LogP contribution in [0.4, 0.5) is 5.69 Å². The molecule has 3 aromatic rings. The van der Waals surface area contributed by atoms with Crippen molar-refractivity contribution < 1.29 is 4.79 Å². The van der Waals surface area contributed by atoms with Crippen molar-refractivity contribution in [1.29, 1.82) is 0 Å². The van der Waals surface area contributed by atoms with Gasteiger partial charge in [0.25, 0.3) is 5.91 Å². The van der Waals surface area contributed by atoms with Crippen LogP contribution < -0.4 is 10.6 Å². The summed E-state index contributed by atoms with van der Waals surface area (Å²) in [5, 5.41) is 14.0. The topological polar surface area (TPSA) is 71.8 Å². The highest BCUT2D eigenvalue weighted by molar-refractivity contribution is 5.94. The summed E-state index contributed by atoms with van der Waals surface area (Å²) in [4.78, 5) is 12.2. The zero-order chi connectivity index (χ0) is 16.8. The maximum Gasteiger partial charge on any atom is 0.251 e. The third-order valence-electron chi connectivity index (χ3n) is 3.57. The molecule has 2 aromatic carbocycles. The van der Waals surface area contributed by atoms with Gasteiger partial charge >= 0.3 is 0 Å². The largest absolute Gasteiger partial charge is 0.381 e. The van der Waals surface area contributed by atoms with Crippen LogP contribution >= 0.6 is 0 Å². The van der Waals surface area contributed by atoms with E-state index in [9.17, 15) is 4.79 Å². The highest BCUT2D eigenvalue weighted by Gasteiger charge is 2.08. The van der Waals surface area contributed by atoms with Gasteiger partial charge in [0.1, 0.15) is 0 Å². The Morgan fingerprint density at radius 3 is 2.54 bits per heavy atom. The molecule has 1 aromatic heterocycles. The lowest BCUT2D eigenvalue weighted by atomic mass is 10.2. The summed E-state index contributed by atoms with van der Waals surface area (Å²) in [6.07, 6.45) is 3.37. The van der Waals surface area contributed by atoms with Crippen molar-refractivity contribution in [2.24, 2.45) is 0 Å². The molecule has 0 bridgehead atoms. The highest BCUT2D eigenvalue weighted by atomic mass is 16.1. The molecule has 2 N–H and O–H groups in total. The van der Waals surface area contributed by atoms with Gasteiger partial charge < -0.3 is 10.6 Å². The van der Waals surface area contributed by atoms with Gasteiger partial charge in [0, 0.05) is 23.8 Å². The number of carbonyl (C=O) groups excluding carboxylic acids is 1. The monoisotopic (exact) mass is 321 g/mol. The van der Waals surface area contributed by atoms with Crippen LogP contribution in [0.3, 0.4) is 0 Å². The lowest BCUT2D eigenvalue weighted by molar-refractivity contribution is 0.0952. The van der Waals surface area contributed by atoms with Gasteiger partial charge in [-0.2, -0.15) is 0 Å². The summed E-state index contributed by atoms with van der Waals surface area (Å²) in [5.41, 5.74) is 2.52. The Balaban J connectivity index is 1.53. The average Bonchev–Trinajstić information content (AvgIpc) is 3.15. The van der Waals surface area contributed by atoms with E-state index in [1.165, 1.54) is 0 Å². The average molecular weight is 321 g/mol. The van der Waals surface area contributed by atoms with Crippen LogP contribution in [0.25, 0.3) is 5.69 Å². The molecule has 0 aliphatic rings. The Hall–Kier alpha value is -3.15. The molecule has 24 heavy (non-hydrogen) atoms. The fourth-order valence-corrected chi connectivity index (χ4v) is 2.33. The Bertz CT molecular complexity index is 769. The summed E-state index contributed by atoms with van der Waals surface area (Å²) in [6, 6.07) is 17.3. The molecule has 0 unspecified atom stereocenters. The minimum Gasteiger partial charge on any atom is -0.381 e. The van der Waals surface area contributed by atoms with Crippen molar-refractivity contribution in [1.82, 2.24) is 20.3 Å². The first kappa shape index (κ1) is 15.7. The number of benzene rings is 2. The number of hydrogen-bond acceptors (Lipinski definition) is 4. The van der Waals surface area contributed by atoms with Crippen molar-refractivity contribution in [3.05, 3.63) is 72.6 Å². The van der Waals surface area contributed by atoms with E-state index in [0.29, 0.717) is 12.1 Å². The predicted molar refractivity (Wildman–Crippen MR) is 93.2 cm³/mol. The molecule has 6 heteroatoms. The van der Waals surface area contributed by atoms with Gasteiger partial charge in [-0.05, 0) is 43.3 Å². The van der Waals surface area contributed by atoms with E-state index in [1.54, 1.807) is 29.2 Å². The Morgan fingerprint density at radius 1 is 1.12 bits per heavy atom. The van der Waals surface area contributed by atoms with Crippen LogP contribution in [0, 0.1) is 0 Å². The number of para-hydroxylation sites is 1. The molecule has 1 atom stereocenters. The van der Waals surface area contributed by atoms with Gasteiger partial charge in [0.15, 0.2) is 0 Å². The zero-order valence-corrected chi connectivity index (χ0v) is 13.4. The standard InChI is InChI=1S/C18H19N5O/c1-14(21-16-5-3-2-4-6-16)13-19-18(24)15-7-9-17(10-8-15)23-12-11-20-22-23/h2-12,14,21H,13H2,1H3,(H,19,24)/t14-/m1/s1. The maximum atomic E-state index is 12.2. The molecule has 0 aliphatic carbocycles. The second kappa shape index (κ2) is 7.41. The van der Waals surface area contributed by atoms with Crippen molar-refractivity contribution in [2.45, 2.75) is 13.0 Å². The number of carbonyl (C=O) groups is 1. The van der Waals surface area contributed by atoms with Gasteiger partial charge in [-0.1, -0.05) is 23.4 Å². The van der Waals surface area contributed by atoms with Crippen molar-refractivity contribution in [3.8, 4) is 5.69 Å².